The van der Waals surface area contributed by atoms with Crippen LogP contribution in [0.5, 0.6) is 5.75 Å². The van der Waals surface area contributed by atoms with Crippen LogP contribution in [0.2, 0.25) is 0 Å². The van der Waals surface area contributed by atoms with Crippen LogP contribution >= 0.6 is 0 Å². The molecule has 1 N–H and O–H groups in total. The van der Waals surface area contributed by atoms with Gasteiger partial charge in [0, 0.05) is 6.04 Å². The van der Waals surface area contributed by atoms with E-state index in [0.29, 0.717) is 18.6 Å². The van der Waals surface area contributed by atoms with Crippen molar-refractivity contribution >= 4 is 21.7 Å². The first kappa shape index (κ1) is 19.2. The molecule has 25 heavy (non-hydrogen) atoms. The van der Waals surface area contributed by atoms with E-state index >= 15 is 0 Å². The molecule has 1 aromatic carbocycles. The smallest absolute Gasteiger partial charge is 0.348 e. The predicted octanol–water partition coefficient (Wildman–Crippen LogP) is 1.08. The third-order valence-corrected chi connectivity index (χ3v) is 5.66. The molecule has 0 aliphatic carbocycles. The Morgan fingerprint density at radius 2 is 1.96 bits per heavy atom. The van der Waals surface area contributed by atoms with Crippen molar-refractivity contribution in [2.24, 2.45) is 0 Å². The number of para-hydroxylation sites is 1. The average molecular weight is 369 g/mol. The van der Waals surface area contributed by atoms with E-state index in [4.69, 9.17) is 9.47 Å². The minimum atomic E-state index is -3.08. The lowest BCUT2D eigenvalue weighted by atomic mass is 10.2. The number of ether oxygens (including phenoxy) is 2. The molecule has 0 saturated carbocycles. The van der Waals surface area contributed by atoms with E-state index in [1.165, 1.54) is 6.92 Å². The third kappa shape index (κ3) is 5.74. The van der Waals surface area contributed by atoms with Crippen LogP contribution in [-0.2, 0) is 24.2 Å². The Balaban J connectivity index is 1.86. The van der Waals surface area contributed by atoms with Gasteiger partial charge in [-0.15, -0.1) is 0 Å². The van der Waals surface area contributed by atoms with Crippen LogP contribution in [0.1, 0.15) is 26.7 Å². The van der Waals surface area contributed by atoms with Crippen molar-refractivity contribution in [1.29, 1.82) is 0 Å². The summed E-state index contributed by atoms with van der Waals surface area (Å²) in [6.45, 7) is 3.23. The van der Waals surface area contributed by atoms with Crippen molar-refractivity contribution in [3.63, 3.8) is 0 Å². The van der Waals surface area contributed by atoms with Crippen LogP contribution < -0.4 is 10.1 Å². The van der Waals surface area contributed by atoms with Gasteiger partial charge in [-0.1, -0.05) is 25.1 Å². The Kier molecular flexibility index (Phi) is 6.41. The molecule has 1 saturated heterocycles. The predicted molar refractivity (Wildman–Crippen MR) is 91.9 cm³/mol. The largest absolute Gasteiger partial charge is 0.479 e. The van der Waals surface area contributed by atoms with Gasteiger partial charge >= 0.3 is 5.97 Å². The first-order chi connectivity index (χ1) is 11.8. The van der Waals surface area contributed by atoms with E-state index in [0.717, 1.165) is 0 Å². The second-order valence-electron chi connectivity index (χ2n) is 6.02. The van der Waals surface area contributed by atoms with Gasteiger partial charge in [-0.3, -0.25) is 4.79 Å². The number of benzene rings is 1. The van der Waals surface area contributed by atoms with Crippen molar-refractivity contribution in [3.8, 4) is 5.75 Å². The molecule has 0 unspecified atom stereocenters. The summed E-state index contributed by atoms with van der Waals surface area (Å²) < 4.78 is 33.6. The van der Waals surface area contributed by atoms with Gasteiger partial charge in [0.15, 0.2) is 22.0 Å². The number of hydrogen-bond acceptors (Lipinski definition) is 6. The highest BCUT2D eigenvalue weighted by Crippen LogP contribution is 2.15. The lowest BCUT2D eigenvalue weighted by Gasteiger charge is -2.20. The molecule has 1 amide bonds. The van der Waals surface area contributed by atoms with Crippen LogP contribution in [0.4, 0.5) is 0 Å². The molecule has 2 rings (SSSR count). The molecule has 7 nitrogen and oxygen atoms in total. The molecule has 1 fully saturated rings. The Bertz CT molecular complexity index is 703. The van der Waals surface area contributed by atoms with E-state index in [9.17, 15) is 18.0 Å². The highest BCUT2D eigenvalue weighted by atomic mass is 32.2. The first-order valence-electron chi connectivity index (χ1n) is 8.23. The van der Waals surface area contributed by atoms with E-state index < -0.39 is 40.0 Å². The fourth-order valence-electron chi connectivity index (χ4n) is 2.49. The summed E-state index contributed by atoms with van der Waals surface area (Å²) in [4.78, 5) is 24.3. The topological polar surface area (TPSA) is 98.8 Å². The minimum absolute atomic E-state index is 0.0644. The molecule has 0 radical (unpaired) electrons. The highest BCUT2D eigenvalue weighted by molar-refractivity contribution is 7.91. The molecular weight excluding hydrogens is 346 g/mol. The van der Waals surface area contributed by atoms with Gasteiger partial charge in [0.25, 0.3) is 5.91 Å². The Morgan fingerprint density at radius 3 is 2.52 bits per heavy atom. The molecule has 3 atom stereocenters. The zero-order chi connectivity index (χ0) is 18.4. The van der Waals surface area contributed by atoms with Gasteiger partial charge in [0.2, 0.25) is 0 Å². The molecule has 0 bridgehead atoms. The molecule has 1 aliphatic heterocycles. The fourth-order valence-corrected chi connectivity index (χ4v) is 4.17. The van der Waals surface area contributed by atoms with Crippen LogP contribution in [0.25, 0.3) is 0 Å². The van der Waals surface area contributed by atoms with Crippen LogP contribution in [0.3, 0.4) is 0 Å². The number of amides is 1. The van der Waals surface area contributed by atoms with E-state index in [1.807, 2.05) is 6.07 Å². The normalized spacial score (nSPS) is 21.1. The molecule has 1 heterocycles. The van der Waals surface area contributed by atoms with Gasteiger partial charge in [-0.05, 0) is 31.9 Å². The molecule has 1 aliphatic rings. The minimum Gasteiger partial charge on any atom is -0.479 e. The summed E-state index contributed by atoms with van der Waals surface area (Å²) in [6.07, 6.45) is -1.07. The number of esters is 1. The highest BCUT2D eigenvalue weighted by Gasteiger charge is 2.31. The molecule has 8 heteroatoms. The second kappa shape index (κ2) is 8.33. The summed E-state index contributed by atoms with van der Waals surface area (Å²) in [7, 11) is -3.08. The molecule has 138 valence electrons. The van der Waals surface area contributed by atoms with E-state index in [2.05, 4.69) is 5.32 Å². The monoisotopic (exact) mass is 369 g/mol. The second-order valence-corrected chi connectivity index (χ2v) is 8.24. The molecular formula is C17H23NO6S. The zero-order valence-corrected chi connectivity index (χ0v) is 15.1. The van der Waals surface area contributed by atoms with Gasteiger partial charge in [0.05, 0.1) is 11.5 Å². The summed E-state index contributed by atoms with van der Waals surface area (Å²) >= 11 is 0. The maximum atomic E-state index is 12.2. The quantitative estimate of drug-likeness (QED) is 0.722. The van der Waals surface area contributed by atoms with Crippen LogP contribution in [-0.4, -0.2) is 50.0 Å². The molecule has 0 spiro atoms. The van der Waals surface area contributed by atoms with Crippen LogP contribution in [0.15, 0.2) is 30.3 Å². The van der Waals surface area contributed by atoms with E-state index in [1.54, 1.807) is 31.2 Å². The van der Waals surface area contributed by atoms with Crippen molar-refractivity contribution in [2.45, 2.75) is 44.9 Å². The molecule has 1 aromatic rings. The Labute approximate surface area is 147 Å². The standard InChI is InChI=1S/C17H23NO6S/c1-3-15(24-14-7-5-4-6-8-14)17(20)23-12(2)16(19)18-13-9-10-25(21,22)11-13/h4-8,12-13,15H,3,9-11H2,1-2H3,(H,18,19)/t12-,13-,15+/m1/s1. The first-order valence-corrected chi connectivity index (χ1v) is 10.1. The molecule has 0 aromatic heterocycles. The number of rotatable bonds is 7. The maximum absolute atomic E-state index is 12.2. The van der Waals surface area contributed by atoms with Crippen molar-refractivity contribution in [3.05, 3.63) is 30.3 Å². The summed E-state index contributed by atoms with van der Waals surface area (Å²) in [5, 5.41) is 2.61. The average Bonchev–Trinajstić information content (AvgIpc) is 2.91. The zero-order valence-electron chi connectivity index (χ0n) is 14.3. The summed E-state index contributed by atoms with van der Waals surface area (Å²) in [5.41, 5.74) is 0. The van der Waals surface area contributed by atoms with Crippen molar-refractivity contribution in [2.75, 3.05) is 11.5 Å². The Hall–Kier alpha value is -2.09. The van der Waals surface area contributed by atoms with Crippen molar-refractivity contribution < 1.29 is 27.5 Å². The summed E-state index contributed by atoms with van der Waals surface area (Å²) in [5.74, 6) is -0.610. The number of hydrogen-bond donors (Lipinski definition) is 1. The Morgan fingerprint density at radius 1 is 1.28 bits per heavy atom. The number of sulfone groups is 1. The van der Waals surface area contributed by atoms with Gasteiger partial charge in [-0.2, -0.15) is 0 Å². The SMILES string of the molecule is CC[C@H](Oc1ccccc1)C(=O)O[C@H](C)C(=O)N[C@@H]1CCS(=O)(=O)C1. The number of carbonyl (C=O) groups is 2. The maximum Gasteiger partial charge on any atom is 0.348 e. The third-order valence-electron chi connectivity index (χ3n) is 3.90. The fraction of sp³-hybridized carbons (Fsp3) is 0.529. The lowest BCUT2D eigenvalue weighted by molar-refractivity contribution is -0.161. The number of carbonyl (C=O) groups excluding carboxylic acids is 2. The lowest BCUT2D eigenvalue weighted by Crippen LogP contribution is -2.44. The van der Waals surface area contributed by atoms with Gasteiger partial charge in [-0.25, -0.2) is 13.2 Å². The summed E-state index contributed by atoms with van der Waals surface area (Å²) in [6, 6.07) is 8.44. The van der Waals surface area contributed by atoms with E-state index in [-0.39, 0.29) is 11.5 Å². The van der Waals surface area contributed by atoms with Gasteiger partial charge in [0.1, 0.15) is 5.75 Å². The van der Waals surface area contributed by atoms with Gasteiger partial charge < -0.3 is 14.8 Å². The van der Waals surface area contributed by atoms with Crippen molar-refractivity contribution in [1.82, 2.24) is 5.32 Å². The van der Waals surface area contributed by atoms with Crippen LogP contribution in [0, 0.1) is 0 Å². The number of nitrogens with one attached hydrogen (secondary N) is 1.